The van der Waals surface area contributed by atoms with E-state index in [0.717, 1.165) is 41.3 Å². The van der Waals surface area contributed by atoms with Gasteiger partial charge < -0.3 is 25.3 Å². The maximum absolute atomic E-state index is 13.6. The third-order valence-electron chi connectivity index (χ3n) is 7.41. The van der Waals surface area contributed by atoms with Gasteiger partial charge in [-0.15, -0.1) is 0 Å². The second kappa shape index (κ2) is 8.44. The van der Waals surface area contributed by atoms with Crippen LogP contribution in [0.15, 0.2) is 30.6 Å². The van der Waals surface area contributed by atoms with E-state index in [2.05, 4.69) is 20.6 Å². The maximum Gasteiger partial charge on any atom is 0.244 e. The molecule has 3 fully saturated rings. The Morgan fingerprint density at radius 2 is 2.17 bits per heavy atom. The van der Waals surface area contributed by atoms with Crippen molar-refractivity contribution in [3.05, 3.63) is 35.6 Å². The molecule has 2 bridgehead atoms. The van der Waals surface area contributed by atoms with Gasteiger partial charge in [0.25, 0.3) is 0 Å². The Hall–Kier alpha value is -2.72. The van der Waals surface area contributed by atoms with Crippen LogP contribution in [0.3, 0.4) is 0 Å². The predicted octanol–water partition coefficient (Wildman–Crippen LogP) is 2.36. The van der Waals surface area contributed by atoms with E-state index in [-0.39, 0.29) is 31.0 Å². The fourth-order valence-corrected chi connectivity index (χ4v) is 5.94. The van der Waals surface area contributed by atoms with Crippen LogP contribution >= 0.6 is 11.6 Å². The van der Waals surface area contributed by atoms with Crippen molar-refractivity contribution in [2.75, 3.05) is 38.1 Å². The van der Waals surface area contributed by atoms with Gasteiger partial charge in [0, 0.05) is 53.7 Å². The molecule has 0 aliphatic carbocycles. The van der Waals surface area contributed by atoms with Gasteiger partial charge in [-0.2, -0.15) is 0 Å². The number of likely N-dealkylation sites (tertiary alicyclic amines) is 1. The van der Waals surface area contributed by atoms with Crippen molar-refractivity contribution in [2.45, 2.75) is 44.0 Å². The highest BCUT2D eigenvalue weighted by molar-refractivity contribution is 6.33. The summed E-state index contributed by atoms with van der Waals surface area (Å²) >= 11 is 6.42. The summed E-state index contributed by atoms with van der Waals surface area (Å²) in [6.45, 7) is 6.44. The predicted molar refractivity (Wildman–Crippen MR) is 135 cm³/mol. The number of ether oxygens (including phenoxy) is 1. The lowest BCUT2D eigenvalue weighted by Crippen LogP contribution is -2.61. The Balaban J connectivity index is 1.25. The van der Waals surface area contributed by atoms with Crippen LogP contribution in [0, 0.1) is 0 Å². The molecule has 3 aliphatic heterocycles. The van der Waals surface area contributed by atoms with E-state index in [1.807, 2.05) is 35.8 Å². The molecule has 2 amide bonds. The molecular formula is C25H29ClN6O3. The summed E-state index contributed by atoms with van der Waals surface area (Å²) in [5, 5.41) is 8.90. The molecule has 0 radical (unpaired) electrons. The summed E-state index contributed by atoms with van der Waals surface area (Å²) in [4.78, 5) is 38.2. The molecule has 0 saturated carbocycles. The smallest absolute Gasteiger partial charge is 0.244 e. The molecule has 1 unspecified atom stereocenters. The average Bonchev–Trinajstić information content (AvgIpc) is 3.53. The number of aromatic nitrogens is 2. The highest BCUT2D eigenvalue weighted by Crippen LogP contribution is 2.34. The van der Waals surface area contributed by atoms with E-state index in [1.165, 1.54) is 0 Å². The van der Waals surface area contributed by atoms with Crippen molar-refractivity contribution >= 4 is 50.9 Å². The molecule has 6 rings (SSSR count). The molecule has 9 nitrogen and oxygen atoms in total. The fourth-order valence-electron chi connectivity index (χ4n) is 5.73. The van der Waals surface area contributed by atoms with Gasteiger partial charge in [-0.25, -0.2) is 0 Å². The zero-order chi connectivity index (χ0) is 24.3. The zero-order valence-electron chi connectivity index (χ0n) is 19.8. The highest BCUT2D eigenvalue weighted by Gasteiger charge is 2.43. The highest BCUT2D eigenvalue weighted by atomic mass is 35.5. The van der Waals surface area contributed by atoms with Gasteiger partial charge in [0.15, 0.2) is 0 Å². The summed E-state index contributed by atoms with van der Waals surface area (Å²) in [5.41, 5.74) is 1.79. The minimum atomic E-state index is -0.593. The first kappa shape index (κ1) is 22.7. The number of anilines is 1. The molecule has 3 saturated heterocycles. The molecule has 5 heterocycles. The molecule has 3 N–H and O–H groups in total. The molecule has 3 aromatic rings. The van der Waals surface area contributed by atoms with Crippen molar-refractivity contribution < 1.29 is 14.3 Å². The Morgan fingerprint density at radius 1 is 1.31 bits per heavy atom. The Morgan fingerprint density at radius 3 is 2.94 bits per heavy atom. The number of rotatable bonds is 4. The van der Waals surface area contributed by atoms with Crippen molar-refractivity contribution in [2.24, 2.45) is 0 Å². The average molecular weight is 497 g/mol. The lowest BCUT2D eigenvalue weighted by Gasteiger charge is -2.43. The van der Waals surface area contributed by atoms with E-state index in [0.29, 0.717) is 23.3 Å². The van der Waals surface area contributed by atoms with E-state index >= 15 is 0 Å². The Labute approximate surface area is 208 Å². The minimum Gasteiger partial charge on any atom is -0.372 e. The van der Waals surface area contributed by atoms with Crippen molar-refractivity contribution in [1.29, 1.82) is 0 Å². The van der Waals surface area contributed by atoms with Crippen LogP contribution in [0.1, 0.15) is 20.3 Å². The van der Waals surface area contributed by atoms with Crippen LogP contribution in [0.4, 0.5) is 5.69 Å². The van der Waals surface area contributed by atoms with E-state index in [1.54, 1.807) is 18.5 Å². The molecule has 1 aromatic carbocycles. The Bertz CT molecular complexity index is 1320. The summed E-state index contributed by atoms with van der Waals surface area (Å²) in [6, 6.07) is 5.58. The molecule has 2 aromatic heterocycles. The van der Waals surface area contributed by atoms with Crippen LogP contribution < -0.4 is 10.6 Å². The van der Waals surface area contributed by atoms with Gasteiger partial charge in [-0.05, 0) is 38.5 Å². The Kier molecular flexibility index (Phi) is 5.48. The summed E-state index contributed by atoms with van der Waals surface area (Å²) in [5.74, 6) is -0.152. The lowest BCUT2D eigenvalue weighted by molar-refractivity contribution is -0.150. The first-order valence-corrected chi connectivity index (χ1v) is 12.4. The summed E-state index contributed by atoms with van der Waals surface area (Å²) < 4.78 is 6.00. The number of halogens is 1. The number of nitrogens with zero attached hydrogens (tertiary/aromatic N) is 3. The van der Waals surface area contributed by atoms with Gasteiger partial charge in [0.1, 0.15) is 6.04 Å². The largest absolute Gasteiger partial charge is 0.372 e. The van der Waals surface area contributed by atoms with Gasteiger partial charge in [-0.3, -0.25) is 19.5 Å². The number of carbonyl (C=O) groups excluding carboxylic acids is 2. The number of hydrogen-bond acceptors (Lipinski definition) is 6. The van der Waals surface area contributed by atoms with Crippen molar-refractivity contribution in [3.8, 4) is 0 Å². The molecule has 10 heteroatoms. The van der Waals surface area contributed by atoms with E-state index < -0.39 is 11.6 Å². The number of amides is 2. The van der Waals surface area contributed by atoms with Gasteiger partial charge >= 0.3 is 0 Å². The number of aromatic amines is 1. The van der Waals surface area contributed by atoms with Crippen molar-refractivity contribution in [3.63, 3.8) is 0 Å². The molecule has 3 aliphatic rings. The third kappa shape index (κ3) is 4.16. The van der Waals surface area contributed by atoms with Crippen LogP contribution in [0.25, 0.3) is 21.8 Å². The standard InChI is InChI=1S/C25H29ClN6O3/c1-25(2)13-31(11-22(33)32-10-15-7-16(32)8-28-15)21(12-35-25)24(34)30-19-6-14(26)5-18-17-3-4-27-9-20(17)29-23(18)19/h3-6,9,15-16,21,28-29H,7-8,10-13H2,1-2H3,(H,30,34)/t15-,16-,21?/m0/s1. The number of benzene rings is 1. The molecule has 3 atom stereocenters. The number of nitrogens with one attached hydrogen (secondary N) is 3. The van der Waals surface area contributed by atoms with E-state index in [9.17, 15) is 9.59 Å². The second-order valence-electron chi connectivity index (χ2n) is 10.4. The maximum atomic E-state index is 13.6. The SMILES string of the molecule is CC1(C)CN(CC(=O)N2C[C@@H]3C[C@H]2CN3)C(C(=O)Nc2cc(Cl)cc3c2[nH]c2cnccc23)CO1. The minimum absolute atomic E-state index is 0.0720. The number of carbonyl (C=O) groups is 2. The second-order valence-corrected chi connectivity index (χ2v) is 10.9. The quantitative estimate of drug-likeness (QED) is 0.512. The van der Waals surface area contributed by atoms with Gasteiger partial charge in [0.05, 0.1) is 41.7 Å². The monoisotopic (exact) mass is 496 g/mol. The van der Waals surface area contributed by atoms with Crippen LogP contribution in [0.5, 0.6) is 0 Å². The first-order valence-electron chi connectivity index (χ1n) is 12.0. The fraction of sp³-hybridized carbons (Fsp3) is 0.480. The molecular weight excluding hydrogens is 468 g/mol. The number of piperazine rings is 1. The molecule has 35 heavy (non-hydrogen) atoms. The summed E-state index contributed by atoms with van der Waals surface area (Å²) in [6.07, 6.45) is 4.49. The van der Waals surface area contributed by atoms with E-state index in [4.69, 9.17) is 16.3 Å². The number of morpholine rings is 1. The molecule has 0 spiro atoms. The van der Waals surface area contributed by atoms with Gasteiger partial charge in [0.2, 0.25) is 11.8 Å². The normalized spacial score (nSPS) is 26.0. The first-order chi connectivity index (χ1) is 16.8. The lowest BCUT2D eigenvalue weighted by atomic mass is 10.0. The van der Waals surface area contributed by atoms with Crippen LogP contribution in [-0.4, -0.2) is 88.1 Å². The van der Waals surface area contributed by atoms with Gasteiger partial charge in [-0.1, -0.05) is 11.6 Å². The van der Waals surface area contributed by atoms with Crippen LogP contribution in [0.2, 0.25) is 5.02 Å². The number of hydrogen-bond donors (Lipinski definition) is 3. The number of pyridine rings is 1. The number of fused-ring (bicyclic) bond motifs is 5. The third-order valence-corrected chi connectivity index (χ3v) is 7.62. The summed E-state index contributed by atoms with van der Waals surface area (Å²) in [7, 11) is 0. The van der Waals surface area contributed by atoms with Crippen molar-refractivity contribution in [1.82, 2.24) is 25.1 Å². The zero-order valence-corrected chi connectivity index (χ0v) is 20.6. The topological polar surface area (TPSA) is 103 Å². The number of H-pyrrole nitrogens is 1. The van der Waals surface area contributed by atoms with Crippen LogP contribution in [-0.2, 0) is 14.3 Å². The molecule has 184 valence electrons.